The molecule has 1 atom stereocenters. The molecule has 1 aromatic rings. The summed E-state index contributed by atoms with van der Waals surface area (Å²) in [4.78, 5) is 27.0. The van der Waals surface area contributed by atoms with Crippen LogP contribution >= 0.6 is 11.8 Å². The number of hydrogen-bond donors (Lipinski definition) is 1. The van der Waals surface area contributed by atoms with E-state index < -0.39 is 0 Å². The fourth-order valence-electron chi connectivity index (χ4n) is 2.18. The molecule has 0 aliphatic carbocycles. The van der Waals surface area contributed by atoms with Crippen molar-refractivity contribution in [3.8, 4) is 0 Å². The summed E-state index contributed by atoms with van der Waals surface area (Å²) < 4.78 is 0. The average Bonchev–Trinajstić information content (AvgIpc) is 2.44. The molecule has 1 aliphatic rings. The highest BCUT2D eigenvalue weighted by Crippen LogP contribution is 2.36. The number of amides is 2. The quantitative estimate of drug-likeness (QED) is 0.869. The number of carbonyl (C=O) groups excluding carboxylic acids is 2. The van der Waals surface area contributed by atoms with Crippen molar-refractivity contribution in [1.82, 2.24) is 4.90 Å². The van der Waals surface area contributed by atoms with Crippen LogP contribution in [0.3, 0.4) is 0 Å². The maximum absolute atomic E-state index is 12.5. The maximum Gasteiger partial charge on any atom is 0.254 e. The smallest absolute Gasteiger partial charge is 0.254 e. The van der Waals surface area contributed by atoms with E-state index in [4.69, 9.17) is 0 Å². The largest absolute Gasteiger partial charge is 0.335 e. The van der Waals surface area contributed by atoms with Crippen LogP contribution in [0.15, 0.2) is 35.2 Å². The molecule has 1 aliphatic heterocycles. The molecule has 4 nitrogen and oxygen atoms in total. The molecule has 112 valence electrons. The number of benzene rings is 1. The Morgan fingerprint density at radius 3 is 2.81 bits per heavy atom. The number of fused-ring (bicyclic) bond motifs is 1. The summed E-state index contributed by atoms with van der Waals surface area (Å²) in [6.45, 7) is 10.7. The minimum absolute atomic E-state index is 0.0219. The first-order chi connectivity index (χ1) is 9.92. The molecule has 2 rings (SSSR count). The van der Waals surface area contributed by atoms with Gasteiger partial charge in [0.1, 0.15) is 0 Å². The third-order valence-corrected chi connectivity index (χ3v) is 4.46. The molecule has 1 aromatic carbocycles. The summed E-state index contributed by atoms with van der Waals surface area (Å²) in [7, 11) is 0. The molecule has 1 heterocycles. The van der Waals surface area contributed by atoms with E-state index in [0.29, 0.717) is 18.7 Å². The summed E-state index contributed by atoms with van der Waals surface area (Å²) in [5, 5.41) is 2.75. The SMILES string of the molecule is C=C(C)CN(CC)C(=O)c1ccc2c(c1)NC(=O)[C@H](C)S2. The second-order valence-corrected chi connectivity index (χ2v) is 6.62. The first-order valence-electron chi connectivity index (χ1n) is 6.97. The van der Waals surface area contributed by atoms with Gasteiger partial charge in [-0.1, -0.05) is 12.2 Å². The molecule has 0 saturated carbocycles. The van der Waals surface area contributed by atoms with Crippen molar-refractivity contribution in [3.05, 3.63) is 35.9 Å². The standard InChI is InChI=1S/C16H20N2O2S/c1-5-18(9-10(2)3)16(20)12-6-7-14-13(8-12)17-15(19)11(4)21-14/h6-8,11H,2,5,9H2,1,3-4H3,(H,17,19)/t11-/m0/s1. The summed E-state index contributed by atoms with van der Waals surface area (Å²) in [5.74, 6) is -0.0625. The van der Waals surface area contributed by atoms with Gasteiger partial charge in [-0.2, -0.15) is 0 Å². The number of hydrogen-bond acceptors (Lipinski definition) is 3. The zero-order valence-electron chi connectivity index (χ0n) is 12.6. The van der Waals surface area contributed by atoms with Crippen LogP contribution < -0.4 is 5.32 Å². The van der Waals surface area contributed by atoms with E-state index in [0.717, 1.165) is 16.2 Å². The molecule has 0 spiro atoms. The van der Waals surface area contributed by atoms with Crippen LogP contribution in [0.5, 0.6) is 0 Å². The van der Waals surface area contributed by atoms with Crippen molar-refractivity contribution in [2.45, 2.75) is 30.9 Å². The van der Waals surface area contributed by atoms with Crippen molar-refractivity contribution in [2.75, 3.05) is 18.4 Å². The zero-order valence-corrected chi connectivity index (χ0v) is 13.4. The van der Waals surface area contributed by atoms with Gasteiger partial charge < -0.3 is 10.2 Å². The molecule has 0 bridgehead atoms. The van der Waals surface area contributed by atoms with Gasteiger partial charge in [-0.15, -0.1) is 11.8 Å². The first-order valence-corrected chi connectivity index (χ1v) is 7.85. The minimum atomic E-state index is -0.102. The summed E-state index contributed by atoms with van der Waals surface area (Å²) in [6.07, 6.45) is 0. The molecule has 1 N–H and O–H groups in total. The Hall–Kier alpha value is -1.75. The second-order valence-electron chi connectivity index (χ2n) is 5.24. The lowest BCUT2D eigenvalue weighted by molar-refractivity contribution is -0.115. The number of anilines is 1. The normalized spacial score (nSPS) is 16.9. The summed E-state index contributed by atoms with van der Waals surface area (Å²) in [6, 6.07) is 5.48. The lowest BCUT2D eigenvalue weighted by atomic mass is 10.1. The van der Waals surface area contributed by atoms with Gasteiger partial charge in [0.05, 0.1) is 10.9 Å². The number of rotatable bonds is 4. The van der Waals surface area contributed by atoms with Crippen molar-refractivity contribution in [3.63, 3.8) is 0 Å². The highest BCUT2D eigenvalue weighted by Gasteiger charge is 2.24. The van der Waals surface area contributed by atoms with Crippen LogP contribution in [0.4, 0.5) is 5.69 Å². The topological polar surface area (TPSA) is 49.4 Å². The van der Waals surface area contributed by atoms with Crippen LogP contribution in [0.2, 0.25) is 0 Å². The Bertz CT molecular complexity index is 598. The fourth-order valence-corrected chi connectivity index (χ4v) is 3.11. The van der Waals surface area contributed by atoms with E-state index in [1.807, 2.05) is 32.9 Å². The second kappa shape index (κ2) is 6.35. The molecule has 21 heavy (non-hydrogen) atoms. The number of likely N-dealkylation sites (N-methyl/N-ethyl adjacent to an activating group) is 1. The van der Waals surface area contributed by atoms with E-state index in [-0.39, 0.29) is 17.1 Å². The Labute approximate surface area is 129 Å². The molecule has 0 radical (unpaired) electrons. The number of thioether (sulfide) groups is 1. The van der Waals surface area contributed by atoms with Crippen LogP contribution in [0.1, 0.15) is 31.1 Å². The van der Waals surface area contributed by atoms with Gasteiger partial charge in [-0.3, -0.25) is 9.59 Å². The Morgan fingerprint density at radius 1 is 1.48 bits per heavy atom. The molecule has 5 heteroatoms. The van der Waals surface area contributed by atoms with Gasteiger partial charge >= 0.3 is 0 Å². The number of nitrogens with one attached hydrogen (secondary N) is 1. The van der Waals surface area contributed by atoms with Gasteiger partial charge in [0, 0.05) is 23.5 Å². The fraction of sp³-hybridized carbons (Fsp3) is 0.375. The van der Waals surface area contributed by atoms with Gasteiger partial charge in [-0.25, -0.2) is 0 Å². The highest BCUT2D eigenvalue weighted by atomic mass is 32.2. The molecular formula is C16H20N2O2S. The zero-order chi connectivity index (χ0) is 15.6. The van der Waals surface area contributed by atoms with Crippen molar-refractivity contribution >= 4 is 29.3 Å². The van der Waals surface area contributed by atoms with Crippen molar-refractivity contribution in [2.24, 2.45) is 0 Å². The van der Waals surface area contributed by atoms with E-state index in [2.05, 4.69) is 11.9 Å². The van der Waals surface area contributed by atoms with Crippen molar-refractivity contribution in [1.29, 1.82) is 0 Å². The van der Waals surface area contributed by atoms with Crippen molar-refractivity contribution < 1.29 is 9.59 Å². The van der Waals surface area contributed by atoms with Gasteiger partial charge in [0.15, 0.2) is 0 Å². The Morgan fingerprint density at radius 2 is 2.19 bits per heavy atom. The molecule has 2 amide bonds. The molecular weight excluding hydrogens is 284 g/mol. The van der Waals surface area contributed by atoms with Crippen LogP contribution in [0, 0.1) is 0 Å². The van der Waals surface area contributed by atoms with E-state index >= 15 is 0 Å². The molecule has 0 fully saturated rings. The van der Waals surface area contributed by atoms with Gasteiger partial charge in [0.25, 0.3) is 5.91 Å². The highest BCUT2D eigenvalue weighted by molar-refractivity contribution is 8.00. The molecule has 0 unspecified atom stereocenters. The predicted molar refractivity (Wildman–Crippen MR) is 86.8 cm³/mol. The Kier molecular flexibility index (Phi) is 4.73. The van der Waals surface area contributed by atoms with Gasteiger partial charge in [0.2, 0.25) is 5.91 Å². The predicted octanol–water partition coefficient (Wildman–Crippen LogP) is 3.16. The Balaban J connectivity index is 2.25. The monoisotopic (exact) mass is 304 g/mol. The number of nitrogens with zero attached hydrogens (tertiary/aromatic N) is 1. The van der Waals surface area contributed by atoms with Crippen LogP contribution in [-0.4, -0.2) is 35.1 Å². The first kappa shape index (κ1) is 15.6. The third-order valence-electron chi connectivity index (χ3n) is 3.29. The van der Waals surface area contributed by atoms with Gasteiger partial charge in [-0.05, 0) is 39.0 Å². The van der Waals surface area contributed by atoms with Crippen LogP contribution in [-0.2, 0) is 4.79 Å². The van der Waals surface area contributed by atoms with E-state index in [1.165, 1.54) is 11.8 Å². The third kappa shape index (κ3) is 3.47. The lowest BCUT2D eigenvalue weighted by Gasteiger charge is -2.24. The number of carbonyl (C=O) groups is 2. The molecule has 0 saturated heterocycles. The summed E-state index contributed by atoms with van der Waals surface area (Å²) >= 11 is 1.51. The minimum Gasteiger partial charge on any atom is -0.335 e. The van der Waals surface area contributed by atoms with E-state index in [9.17, 15) is 9.59 Å². The summed E-state index contributed by atoms with van der Waals surface area (Å²) in [5.41, 5.74) is 2.26. The average molecular weight is 304 g/mol. The maximum atomic E-state index is 12.5. The lowest BCUT2D eigenvalue weighted by Crippen LogP contribution is -2.32. The molecule has 0 aromatic heterocycles. The van der Waals surface area contributed by atoms with E-state index in [1.54, 1.807) is 11.0 Å². The van der Waals surface area contributed by atoms with Crippen LogP contribution in [0.25, 0.3) is 0 Å².